The van der Waals surface area contributed by atoms with E-state index >= 15 is 0 Å². The van der Waals surface area contributed by atoms with Gasteiger partial charge < -0.3 is 20.1 Å². The molecule has 1 aliphatic rings. The number of aromatic nitrogens is 3. The van der Waals surface area contributed by atoms with Crippen molar-refractivity contribution in [3.63, 3.8) is 0 Å². The monoisotopic (exact) mass is 607 g/mol. The zero-order valence-corrected chi connectivity index (χ0v) is 24.0. The molecule has 0 fully saturated rings. The molecule has 200 valence electrons. The van der Waals surface area contributed by atoms with Gasteiger partial charge in [0.05, 0.1) is 16.7 Å². The molecule has 1 aliphatic heterocycles. The van der Waals surface area contributed by atoms with Gasteiger partial charge in [0.15, 0.2) is 11.5 Å². The van der Waals surface area contributed by atoms with Gasteiger partial charge in [-0.05, 0) is 72.1 Å². The third kappa shape index (κ3) is 5.51. The predicted octanol–water partition coefficient (Wildman–Crippen LogP) is 6.91. The maximum atomic E-state index is 13.7. The molecule has 2 heterocycles. The van der Waals surface area contributed by atoms with Gasteiger partial charge in [0.25, 0.3) is 5.91 Å². The number of ether oxygens (including phenoxy) is 2. The predicted molar refractivity (Wildman–Crippen MR) is 155 cm³/mol. The molecule has 10 heteroatoms. The second-order valence-corrected chi connectivity index (χ2v) is 10.3. The molecule has 0 spiro atoms. The summed E-state index contributed by atoms with van der Waals surface area (Å²) >= 11 is 10.0. The molecule has 1 amide bonds. The number of carbonyl (C=O) groups excluding carboxylic acids is 1. The van der Waals surface area contributed by atoms with Crippen molar-refractivity contribution in [2.45, 2.75) is 33.4 Å². The summed E-state index contributed by atoms with van der Waals surface area (Å²) < 4.78 is 14.6. The fourth-order valence-corrected chi connectivity index (χ4v) is 5.27. The number of hydrogen-bond acceptors (Lipinski definition) is 6. The average molecular weight is 609 g/mol. The lowest BCUT2D eigenvalue weighted by molar-refractivity contribution is -0.113. The van der Waals surface area contributed by atoms with Crippen molar-refractivity contribution in [2.24, 2.45) is 0 Å². The molecule has 0 radical (unpaired) electrons. The molecule has 3 aromatic carbocycles. The van der Waals surface area contributed by atoms with Crippen LogP contribution >= 0.6 is 27.5 Å². The normalized spacial score (nSPS) is 14.4. The zero-order chi connectivity index (χ0) is 27.5. The van der Waals surface area contributed by atoms with Crippen molar-refractivity contribution in [3.05, 3.63) is 104 Å². The van der Waals surface area contributed by atoms with Crippen LogP contribution in [0.25, 0.3) is 0 Å². The SMILES string of the molecule is CCOc1cc(C2C(C(=O)Nc3ccccc3C)=C(C)Nc3ncnn32)cc(Br)c1OCc1ccccc1Cl. The summed E-state index contributed by atoms with van der Waals surface area (Å²) in [7, 11) is 0. The van der Waals surface area contributed by atoms with Crippen molar-refractivity contribution >= 4 is 45.1 Å². The minimum atomic E-state index is -0.569. The van der Waals surface area contributed by atoms with Crippen LogP contribution in [0.4, 0.5) is 11.6 Å². The molecule has 0 saturated carbocycles. The third-order valence-corrected chi connectivity index (χ3v) is 7.37. The first-order valence-corrected chi connectivity index (χ1v) is 13.6. The van der Waals surface area contributed by atoms with Gasteiger partial charge in [-0.1, -0.05) is 48.0 Å². The first-order valence-electron chi connectivity index (χ1n) is 12.4. The van der Waals surface area contributed by atoms with Gasteiger partial charge in [-0.25, -0.2) is 4.68 Å². The van der Waals surface area contributed by atoms with Gasteiger partial charge in [-0.3, -0.25) is 4.79 Å². The van der Waals surface area contributed by atoms with Crippen LogP contribution in [-0.2, 0) is 11.4 Å². The molecule has 0 aliphatic carbocycles. The van der Waals surface area contributed by atoms with Crippen molar-refractivity contribution < 1.29 is 14.3 Å². The van der Waals surface area contributed by atoms with E-state index in [1.807, 2.05) is 81.4 Å². The zero-order valence-electron chi connectivity index (χ0n) is 21.7. The minimum Gasteiger partial charge on any atom is -0.490 e. The van der Waals surface area contributed by atoms with E-state index in [0.29, 0.717) is 44.8 Å². The van der Waals surface area contributed by atoms with Crippen molar-refractivity contribution in [3.8, 4) is 11.5 Å². The van der Waals surface area contributed by atoms with Gasteiger partial charge in [0, 0.05) is 22.0 Å². The van der Waals surface area contributed by atoms with Gasteiger partial charge in [-0.2, -0.15) is 10.1 Å². The maximum Gasteiger partial charge on any atom is 0.255 e. The Kier molecular flexibility index (Phi) is 7.90. The fourth-order valence-electron chi connectivity index (χ4n) is 4.51. The van der Waals surface area contributed by atoms with E-state index in [-0.39, 0.29) is 12.5 Å². The summed E-state index contributed by atoms with van der Waals surface area (Å²) in [6.07, 6.45) is 1.46. The highest BCUT2D eigenvalue weighted by Gasteiger charge is 2.34. The lowest BCUT2D eigenvalue weighted by Crippen LogP contribution is -2.31. The van der Waals surface area contributed by atoms with Crippen LogP contribution in [0, 0.1) is 6.92 Å². The van der Waals surface area contributed by atoms with Crippen LogP contribution in [0.2, 0.25) is 5.02 Å². The largest absolute Gasteiger partial charge is 0.490 e. The van der Waals surface area contributed by atoms with Crippen molar-refractivity contribution in [2.75, 3.05) is 17.2 Å². The number of hydrogen-bond donors (Lipinski definition) is 2. The number of para-hydroxylation sites is 1. The number of aryl methyl sites for hydroxylation is 1. The van der Waals surface area contributed by atoms with Gasteiger partial charge >= 0.3 is 0 Å². The van der Waals surface area contributed by atoms with Gasteiger partial charge in [0.2, 0.25) is 5.95 Å². The van der Waals surface area contributed by atoms with E-state index in [2.05, 4.69) is 36.6 Å². The molecule has 0 bridgehead atoms. The Labute approximate surface area is 240 Å². The number of carbonyl (C=O) groups is 1. The number of nitrogens with zero attached hydrogens (tertiary/aromatic N) is 3. The summed E-state index contributed by atoms with van der Waals surface area (Å²) in [6, 6.07) is 18.4. The van der Waals surface area contributed by atoms with E-state index in [4.69, 9.17) is 21.1 Å². The smallest absolute Gasteiger partial charge is 0.255 e. The summed E-state index contributed by atoms with van der Waals surface area (Å²) in [5, 5.41) is 11.3. The molecule has 1 unspecified atom stereocenters. The molecule has 8 nitrogen and oxygen atoms in total. The lowest BCUT2D eigenvalue weighted by Gasteiger charge is -2.29. The van der Waals surface area contributed by atoms with E-state index in [9.17, 15) is 4.79 Å². The van der Waals surface area contributed by atoms with E-state index in [1.165, 1.54) is 6.33 Å². The fraction of sp³-hybridized carbons (Fsp3) is 0.207. The van der Waals surface area contributed by atoms with Crippen LogP contribution < -0.4 is 20.1 Å². The summed E-state index contributed by atoms with van der Waals surface area (Å²) in [6.45, 7) is 6.41. The van der Waals surface area contributed by atoms with Crippen LogP contribution in [0.5, 0.6) is 11.5 Å². The number of amides is 1. The van der Waals surface area contributed by atoms with E-state index in [1.54, 1.807) is 4.68 Å². The Balaban J connectivity index is 1.54. The number of rotatable bonds is 8. The highest BCUT2D eigenvalue weighted by molar-refractivity contribution is 9.10. The first kappa shape index (κ1) is 26.8. The van der Waals surface area contributed by atoms with Gasteiger partial charge in [-0.15, -0.1) is 0 Å². The van der Waals surface area contributed by atoms with Crippen LogP contribution in [0.1, 0.15) is 36.6 Å². The molecular formula is C29H27BrClN5O3. The van der Waals surface area contributed by atoms with E-state index in [0.717, 1.165) is 22.4 Å². The Hall–Kier alpha value is -3.82. The molecule has 4 aromatic rings. The maximum absolute atomic E-state index is 13.7. The summed E-state index contributed by atoms with van der Waals surface area (Å²) in [5.41, 5.74) is 4.53. The van der Waals surface area contributed by atoms with Gasteiger partial charge in [0.1, 0.15) is 19.0 Å². The quantitative estimate of drug-likeness (QED) is 0.226. The molecule has 5 rings (SSSR count). The van der Waals surface area contributed by atoms with Crippen LogP contribution in [0.3, 0.4) is 0 Å². The highest BCUT2D eigenvalue weighted by Crippen LogP contribution is 2.43. The highest BCUT2D eigenvalue weighted by atomic mass is 79.9. The number of allylic oxidation sites excluding steroid dienone is 1. The Morgan fingerprint density at radius 1 is 1.13 bits per heavy atom. The minimum absolute atomic E-state index is 0.242. The van der Waals surface area contributed by atoms with Crippen LogP contribution in [0.15, 0.2) is 82.7 Å². The second-order valence-electron chi connectivity index (χ2n) is 9.01. The molecular weight excluding hydrogens is 582 g/mol. The lowest BCUT2D eigenvalue weighted by atomic mass is 9.94. The average Bonchev–Trinajstić information content (AvgIpc) is 3.37. The summed E-state index contributed by atoms with van der Waals surface area (Å²) in [5.74, 6) is 1.37. The summed E-state index contributed by atoms with van der Waals surface area (Å²) in [4.78, 5) is 18.1. The Morgan fingerprint density at radius 3 is 2.67 bits per heavy atom. The Morgan fingerprint density at radius 2 is 1.90 bits per heavy atom. The Bertz CT molecular complexity index is 1570. The van der Waals surface area contributed by atoms with Crippen molar-refractivity contribution in [1.82, 2.24) is 14.8 Å². The topological polar surface area (TPSA) is 90.3 Å². The standard InChI is InChI=1S/C29H27BrClN5O3/c1-4-38-24-14-20(13-21(30)27(24)39-15-19-10-6-7-11-22(19)31)26-25(18(3)34-29-32-16-33-36(26)29)28(37)35-23-12-8-5-9-17(23)2/h5-14,16,26H,4,15H2,1-3H3,(H,35,37)(H,32,33,34). The van der Waals surface area contributed by atoms with Crippen LogP contribution in [-0.4, -0.2) is 27.3 Å². The molecule has 39 heavy (non-hydrogen) atoms. The number of nitrogens with one attached hydrogen (secondary N) is 2. The second kappa shape index (κ2) is 11.5. The number of fused-ring (bicyclic) bond motifs is 1. The van der Waals surface area contributed by atoms with Crippen molar-refractivity contribution in [1.29, 1.82) is 0 Å². The molecule has 2 N–H and O–H groups in total. The number of anilines is 2. The molecule has 1 atom stereocenters. The first-order chi connectivity index (χ1) is 18.9. The molecule has 1 aromatic heterocycles. The number of halogens is 2. The number of benzene rings is 3. The molecule has 0 saturated heterocycles. The van der Waals surface area contributed by atoms with E-state index < -0.39 is 6.04 Å². The third-order valence-electron chi connectivity index (χ3n) is 6.41.